The molecule has 98 valence electrons. The van der Waals surface area contributed by atoms with Gasteiger partial charge < -0.3 is 5.73 Å². The van der Waals surface area contributed by atoms with E-state index >= 15 is 0 Å². The SMILES string of the molecule is CCCC1(CN2C3CCCC2CC(N)C3)CC1. The molecule has 0 radical (unpaired) electrons. The zero-order valence-corrected chi connectivity index (χ0v) is 11.3. The van der Waals surface area contributed by atoms with Gasteiger partial charge in [0.25, 0.3) is 0 Å². The Morgan fingerprint density at radius 3 is 2.35 bits per heavy atom. The highest BCUT2D eigenvalue weighted by atomic mass is 15.2. The van der Waals surface area contributed by atoms with Gasteiger partial charge in [-0.25, -0.2) is 0 Å². The number of piperidine rings is 2. The van der Waals surface area contributed by atoms with E-state index in [9.17, 15) is 0 Å². The molecule has 2 unspecified atom stereocenters. The monoisotopic (exact) mass is 236 g/mol. The highest BCUT2D eigenvalue weighted by Gasteiger charge is 2.47. The van der Waals surface area contributed by atoms with Gasteiger partial charge in [-0.15, -0.1) is 0 Å². The predicted molar refractivity (Wildman–Crippen MR) is 71.9 cm³/mol. The Kier molecular flexibility index (Phi) is 3.20. The third kappa shape index (κ3) is 2.39. The number of fused-ring (bicyclic) bond motifs is 2. The molecule has 2 heterocycles. The molecule has 17 heavy (non-hydrogen) atoms. The first-order chi connectivity index (χ1) is 8.22. The summed E-state index contributed by atoms with van der Waals surface area (Å²) in [5.74, 6) is 0. The van der Waals surface area contributed by atoms with E-state index in [1.165, 1.54) is 64.3 Å². The smallest absolute Gasteiger partial charge is 0.0113 e. The standard InChI is InChI=1S/C15H28N2/c1-2-6-15(7-8-15)11-17-13-4-3-5-14(17)10-12(16)9-13/h12-14H,2-11,16H2,1H3. The van der Waals surface area contributed by atoms with Crippen LogP contribution in [0.5, 0.6) is 0 Å². The summed E-state index contributed by atoms with van der Waals surface area (Å²) in [6.45, 7) is 3.73. The zero-order chi connectivity index (χ0) is 11.9. The van der Waals surface area contributed by atoms with Crippen LogP contribution in [0.4, 0.5) is 0 Å². The van der Waals surface area contributed by atoms with Crippen molar-refractivity contribution in [2.75, 3.05) is 6.54 Å². The summed E-state index contributed by atoms with van der Waals surface area (Å²) in [4.78, 5) is 2.87. The van der Waals surface area contributed by atoms with Crippen LogP contribution in [-0.4, -0.2) is 29.6 Å². The fourth-order valence-electron chi connectivity index (χ4n) is 4.36. The summed E-state index contributed by atoms with van der Waals surface area (Å²) in [6, 6.07) is 2.14. The summed E-state index contributed by atoms with van der Waals surface area (Å²) < 4.78 is 0. The Morgan fingerprint density at radius 2 is 1.82 bits per heavy atom. The van der Waals surface area contributed by atoms with Crippen LogP contribution in [-0.2, 0) is 0 Å². The molecule has 2 heteroatoms. The molecule has 2 N–H and O–H groups in total. The topological polar surface area (TPSA) is 29.3 Å². The van der Waals surface area contributed by atoms with Gasteiger partial charge in [-0.1, -0.05) is 19.8 Å². The maximum absolute atomic E-state index is 6.20. The van der Waals surface area contributed by atoms with E-state index in [1.807, 2.05) is 0 Å². The maximum Gasteiger partial charge on any atom is 0.0113 e. The molecule has 0 aromatic rings. The molecular weight excluding hydrogens is 208 g/mol. The van der Waals surface area contributed by atoms with Crippen LogP contribution in [0.3, 0.4) is 0 Å². The van der Waals surface area contributed by atoms with E-state index < -0.39 is 0 Å². The molecule has 2 saturated heterocycles. The largest absolute Gasteiger partial charge is 0.328 e. The Morgan fingerprint density at radius 1 is 1.18 bits per heavy atom. The molecule has 3 rings (SSSR count). The van der Waals surface area contributed by atoms with Crippen molar-refractivity contribution in [2.45, 2.75) is 82.8 Å². The third-order valence-electron chi connectivity index (χ3n) is 5.42. The molecule has 2 nitrogen and oxygen atoms in total. The van der Waals surface area contributed by atoms with Crippen LogP contribution in [0.15, 0.2) is 0 Å². The number of nitrogens with zero attached hydrogens (tertiary/aromatic N) is 1. The minimum Gasteiger partial charge on any atom is -0.328 e. The Labute approximate surface area is 106 Å². The Hall–Kier alpha value is -0.0800. The van der Waals surface area contributed by atoms with Gasteiger partial charge in [0.2, 0.25) is 0 Å². The first-order valence-electron chi connectivity index (χ1n) is 7.74. The van der Waals surface area contributed by atoms with Crippen molar-refractivity contribution in [3.8, 4) is 0 Å². The lowest BCUT2D eigenvalue weighted by atomic mass is 9.81. The van der Waals surface area contributed by atoms with Crippen molar-refractivity contribution in [3.05, 3.63) is 0 Å². The van der Waals surface area contributed by atoms with E-state index in [2.05, 4.69) is 11.8 Å². The second-order valence-corrected chi connectivity index (χ2v) is 6.89. The van der Waals surface area contributed by atoms with Crippen LogP contribution >= 0.6 is 0 Å². The number of hydrogen-bond donors (Lipinski definition) is 1. The van der Waals surface area contributed by atoms with Gasteiger partial charge in [0.15, 0.2) is 0 Å². The van der Waals surface area contributed by atoms with E-state index in [1.54, 1.807) is 0 Å². The normalized spacial score (nSPS) is 40.2. The molecule has 0 aromatic carbocycles. The van der Waals surface area contributed by atoms with Crippen molar-refractivity contribution >= 4 is 0 Å². The van der Waals surface area contributed by atoms with Gasteiger partial charge in [-0.3, -0.25) is 4.90 Å². The van der Waals surface area contributed by atoms with Crippen LogP contribution in [0, 0.1) is 5.41 Å². The average Bonchev–Trinajstić information content (AvgIpc) is 3.00. The summed E-state index contributed by atoms with van der Waals surface area (Å²) in [6.07, 6.45) is 12.6. The second kappa shape index (κ2) is 4.55. The number of hydrogen-bond acceptors (Lipinski definition) is 2. The second-order valence-electron chi connectivity index (χ2n) is 6.89. The van der Waals surface area contributed by atoms with Gasteiger partial charge in [0.1, 0.15) is 0 Å². The minimum atomic E-state index is 0.489. The third-order valence-corrected chi connectivity index (χ3v) is 5.42. The molecular formula is C15H28N2. The fraction of sp³-hybridized carbons (Fsp3) is 1.00. The Bertz CT molecular complexity index is 258. The molecule has 2 bridgehead atoms. The molecule has 1 saturated carbocycles. The number of nitrogens with two attached hydrogens (primary N) is 1. The lowest BCUT2D eigenvalue weighted by Gasteiger charge is -2.49. The minimum absolute atomic E-state index is 0.489. The molecule has 0 aromatic heterocycles. The summed E-state index contributed by atoms with van der Waals surface area (Å²) in [5, 5.41) is 0. The quantitative estimate of drug-likeness (QED) is 0.813. The van der Waals surface area contributed by atoms with Crippen molar-refractivity contribution in [1.82, 2.24) is 4.90 Å². The fourth-order valence-corrected chi connectivity index (χ4v) is 4.36. The highest BCUT2D eigenvalue weighted by Crippen LogP contribution is 2.52. The average molecular weight is 236 g/mol. The van der Waals surface area contributed by atoms with Gasteiger partial charge in [-0.05, 0) is 50.4 Å². The summed E-state index contributed by atoms with van der Waals surface area (Å²) in [7, 11) is 0. The predicted octanol–water partition coefficient (Wildman–Crippen LogP) is 2.91. The molecule has 0 spiro atoms. The molecule has 1 aliphatic carbocycles. The van der Waals surface area contributed by atoms with Crippen LogP contribution in [0.2, 0.25) is 0 Å². The molecule has 3 fully saturated rings. The van der Waals surface area contributed by atoms with E-state index in [0.29, 0.717) is 6.04 Å². The first kappa shape index (κ1) is 12.0. The number of rotatable bonds is 4. The highest BCUT2D eigenvalue weighted by molar-refractivity contribution is 5.01. The van der Waals surface area contributed by atoms with Gasteiger partial charge >= 0.3 is 0 Å². The zero-order valence-electron chi connectivity index (χ0n) is 11.3. The molecule has 2 aliphatic heterocycles. The Balaban J connectivity index is 1.66. The van der Waals surface area contributed by atoms with Gasteiger partial charge in [0.05, 0.1) is 0 Å². The van der Waals surface area contributed by atoms with Crippen LogP contribution in [0.25, 0.3) is 0 Å². The first-order valence-corrected chi connectivity index (χ1v) is 7.74. The van der Waals surface area contributed by atoms with Crippen molar-refractivity contribution in [2.24, 2.45) is 11.1 Å². The molecule has 2 atom stereocenters. The lowest BCUT2D eigenvalue weighted by Crippen LogP contribution is -2.56. The van der Waals surface area contributed by atoms with Crippen LogP contribution in [0.1, 0.15) is 64.7 Å². The van der Waals surface area contributed by atoms with Crippen molar-refractivity contribution in [3.63, 3.8) is 0 Å². The molecule has 3 aliphatic rings. The van der Waals surface area contributed by atoms with E-state index in [4.69, 9.17) is 5.73 Å². The van der Waals surface area contributed by atoms with E-state index in [-0.39, 0.29) is 0 Å². The van der Waals surface area contributed by atoms with Gasteiger partial charge in [-0.2, -0.15) is 0 Å². The maximum atomic E-state index is 6.20. The molecule has 0 amide bonds. The summed E-state index contributed by atoms with van der Waals surface area (Å²) >= 11 is 0. The summed E-state index contributed by atoms with van der Waals surface area (Å²) in [5.41, 5.74) is 6.92. The van der Waals surface area contributed by atoms with Crippen LogP contribution < -0.4 is 5.73 Å². The van der Waals surface area contributed by atoms with Crippen molar-refractivity contribution < 1.29 is 0 Å². The van der Waals surface area contributed by atoms with Gasteiger partial charge in [0, 0.05) is 24.7 Å². The lowest BCUT2D eigenvalue weighted by molar-refractivity contribution is 0.0132. The van der Waals surface area contributed by atoms with Crippen molar-refractivity contribution in [1.29, 1.82) is 0 Å². The van der Waals surface area contributed by atoms with E-state index in [0.717, 1.165) is 17.5 Å².